The minimum absolute atomic E-state index is 0.450. The summed E-state index contributed by atoms with van der Waals surface area (Å²) in [5.41, 5.74) is 0. The summed E-state index contributed by atoms with van der Waals surface area (Å²) >= 11 is 17.6. The van der Waals surface area contributed by atoms with E-state index in [9.17, 15) is 0 Å². The van der Waals surface area contributed by atoms with Crippen molar-refractivity contribution in [1.82, 2.24) is 0 Å². The molecule has 0 bridgehead atoms. The molecule has 16 heavy (non-hydrogen) atoms. The molecule has 0 amide bonds. The molecule has 4 heteroatoms. The second kappa shape index (κ2) is 4.96. The van der Waals surface area contributed by atoms with Crippen molar-refractivity contribution in [3.63, 3.8) is 0 Å². The number of halogens is 3. The maximum atomic E-state index is 5.96. The van der Waals surface area contributed by atoms with Gasteiger partial charge < -0.3 is 4.74 Å². The smallest absolute Gasteiger partial charge is 0.146 e. The minimum Gasteiger partial charge on any atom is -0.456 e. The molecule has 0 fully saturated rings. The number of ether oxygens (including phenoxy) is 1. The summed E-state index contributed by atoms with van der Waals surface area (Å²) in [5.74, 6) is 1.19. The summed E-state index contributed by atoms with van der Waals surface area (Å²) < 4.78 is 5.57. The highest BCUT2D eigenvalue weighted by Gasteiger charge is 2.04. The van der Waals surface area contributed by atoms with Crippen LogP contribution in [-0.4, -0.2) is 0 Å². The molecule has 2 aromatic carbocycles. The Balaban J connectivity index is 2.28. The fourth-order valence-corrected chi connectivity index (χ4v) is 1.66. The van der Waals surface area contributed by atoms with Gasteiger partial charge in [-0.3, -0.25) is 0 Å². The lowest BCUT2D eigenvalue weighted by Crippen LogP contribution is -1.84. The fraction of sp³-hybridized carbons (Fsp3) is 0. The first-order valence-electron chi connectivity index (χ1n) is 4.54. The molecule has 1 nitrogen and oxygen atoms in total. The highest BCUT2D eigenvalue weighted by molar-refractivity contribution is 6.42. The molecule has 0 aliphatic heterocycles. The second-order valence-electron chi connectivity index (χ2n) is 3.11. The number of benzene rings is 2. The van der Waals surface area contributed by atoms with Gasteiger partial charge in [0.25, 0.3) is 0 Å². The van der Waals surface area contributed by atoms with Crippen molar-refractivity contribution in [2.24, 2.45) is 0 Å². The third-order valence-electron chi connectivity index (χ3n) is 1.96. The Morgan fingerprint density at radius 3 is 2.19 bits per heavy atom. The average Bonchev–Trinajstić information content (AvgIpc) is 2.27. The molecule has 0 N–H and O–H groups in total. The molecule has 0 unspecified atom stereocenters. The number of hydrogen-bond acceptors (Lipinski definition) is 1. The lowest BCUT2D eigenvalue weighted by molar-refractivity contribution is 0.483. The molecule has 2 aromatic rings. The Morgan fingerprint density at radius 2 is 1.50 bits per heavy atom. The minimum atomic E-state index is 0.450. The van der Waals surface area contributed by atoms with Gasteiger partial charge in [-0.05, 0) is 24.3 Å². The number of hydrogen-bond donors (Lipinski definition) is 0. The van der Waals surface area contributed by atoms with Crippen molar-refractivity contribution in [2.75, 3.05) is 0 Å². The largest absolute Gasteiger partial charge is 0.456 e. The van der Waals surface area contributed by atoms with Gasteiger partial charge in [0.1, 0.15) is 11.5 Å². The van der Waals surface area contributed by atoms with Crippen LogP contribution in [0.25, 0.3) is 0 Å². The lowest BCUT2D eigenvalue weighted by atomic mass is 10.3. The molecular formula is C12H7Cl3O. The van der Waals surface area contributed by atoms with E-state index in [4.69, 9.17) is 39.5 Å². The normalized spacial score (nSPS) is 10.2. The predicted molar refractivity (Wildman–Crippen MR) is 68.0 cm³/mol. The van der Waals surface area contributed by atoms with E-state index in [1.54, 1.807) is 30.3 Å². The third-order valence-corrected chi connectivity index (χ3v) is 3.01. The van der Waals surface area contributed by atoms with Gasteiger partial charge in [-0.1, -0.05) is 46.9 Å². The molecule has 2 rings (SSSR count). The Labute approximate surface area is 109 Å². The van der Waals surface area contributed by atoms with E-state index in [0.29, 0.717) is 26.6 Å². The van der Waals surface area contributed by atoms with Crippen LogP contribution < -0.4 is 4.74 Å². The maximum absolute atomic E-state index is 5.96. The Morgan fingerprint density at radius 1 is 0.750 bits per heavy atom. The first-order chi connectivity index (χ1) is 7.66. The van der Waals surface area contributed by atoms with E-state index in [0.717, 1.165) is 0 Å². The molecular weight excluding hydrogens is 266 g/mol. The molecule has 0 saturated heterocycles. The zero-order valence-corrected chi connectivity index (χ0v) is 10.4. The van der Waals surface area contributed by atoms with Gasteiger partial charge in [0.05, 0.1) is 15.1 Å². The second-order valence-corrected chi connectivity index (χ2v) is 4.33. The van der Waals surface area contributed by atoms with Crippen LogP contribution in [0, 0.1) is 0 Å². The fourth-order valence-electron chi connectivity index (χ4n) is 1.19. The summed E-state index contributed by atoms with van der Waals surface area (Å²) in [7, 11) is 0. The third kappa shape index (κ3) is 2.62. The first kappa shape index (κ1) is 11.6. The zero-order chi connectivity index (χ0) is 11.5. The van der Waals surface area contributed by atoms with Crippen molar-refractivity contribution < 1.29 is 4.74 Å². The van der Waals surface area contributed by atoms with Crippen LogP contribution in [-0.2, 0) is 0 Å². The summed E-state index contributed by atoms with van der Waals surface area (Å²) in [4.78, 5) is 0. The highest BCUT2D eigenvalue weighted by atomic mass is 35.5. The first-order valence-corrected chi connectivity index (χ1v) is 5.67. The van der Waals surface area contributed by atoms with Crippen molar-refractivity contribution in [2.45, 2.75) is 0 Å². The van der Waals surface area contributed by atoms with Crippen LogP contribution in [0.2, 0.25) is 15.1 Å². The zero-order valence-electron chi connectivity index (χ0n) is 8.08. The maximum Gasteiger partial charge on any atom is 0.146 e. The van der Waals surface area contributed by atoms with Crippen molar-refractivity contribution in [1.29, 1.82) is 0 Å². The van der Waals surface area contributed by atoms with E-state index in [1.165, 1.54) is 0 Å². The van der Waals surface area contributed by atoms with Gasteiger partial charge in [-0.2, -0.15) is 0 Å². The SMILES string of the molecule is Clc1ccc(Oc2ccccc2Cl)cc1Cl. The van der Waals surface area contributed by atoms with Gasteiger partial charge >= 0.3 is 0 Å². The highest BCUT2D eigenvalue weighted by Crippen LogP contribution is 2.32. The summed E-state index contributed by atoms with van der Waals surface area (Å²) in [6.45, 7) is 0. The van der Waals surface area contributed by atoms with Gasteiger partial charge in [0.15, 0.2) is 0 Å². The van der Waals surface area contributed by atoms with E-state index in [1.807, 2.05) is 12.1 Å². The van der Waals surface area contributed by atoms with Gasteiger partial charge in [-0.15, -0.1) is 0 Å². The van der Waals surface area contributed by atoms with Crippen molar-refractivity contribution >= 4 is 34.8 Å². The van der Waals surface area contributed by atoms with Crippen LogP contribution in [0.5, 0.6) is 11.5 Å². The summed E-state index contributed by atoms with van der Waals surface area (Å²) in [6.07, 6.45) is 0. The van der Waals surface area contributed by atoms with Crippen LogP contribution in [0.1, 0.15) is 0 Å². The van der Waals surface area contributed by atoms with Gasteiger partial charge in [0, 0.05) is 6.07 Å². The standard InChI is InChI=1S/C12H7Cl3O/c13-9-6-5-8(7-11(9)15)16-12-4-2-1-3-10(12)14/h1-7H. The van der Waals surface area contributed by atoms with Gasteiger partial charge in [0.2, 0.25) is 0 Å². The van der Waals surface area contributed by atoms with Crippen LogP contribution in [0.3, 0.4) is 0 Å². The number of para-hydroxylation sites is 1. The molecule has 0 aromatic heterocycles. The Bertz CT molecular complexity index is 511. The van der Waals surface area contributed by atoms with E-state index in [2.05, 4.69) is 0 Å². The topological polar surface area (TPSA) is 9.23 Å². The molecule has 82 valence electrons. The van der Waals surface area contributed by atoms with Crippen LogP contribution in [0.4, 0.5) is 0 Å². The summed E-state index contributed by atoms with van der Waals surface area (Å²) in [5, 5.41) is 1.49. The molecule has 0 radical (unpaired) electrons. The molecule has 0 saturated carbocycles. The van der Waals surface area contributed by atoms with Gasteiger partial charge in [-0.25, -0.2) is 0 Å². The molecule has 0 spiro atoms. The monoisotopic (exact) mass is 272 g/mol. The van der Waals surface area contributed by atoms with E-state index < -0.39 is 0 Å². The molecule has 0 aliphatic rings. The Hall–Kier alpha value is -0.890. The quantitative estimate of drug-likeness (QED) is 0.708. The molecule has 0 atom stereocenters. The van der Waals surface area contributed by atoms with Crippen molar-refractivity contribution in [3.05, 3.63) is 57.5 Å². The van der Waals surface area contributed by atoms with Crippen LogP contribution >= 0.6 is 34.8 Å². The van der Waals surface area contributed by atoms with Crippen molar-refractivity contribution in [3.8, 4) is 11.5 Å². The summed E-state index contributed by atoms with van der Waals surface area (Å²) in [6, 6.07) is 12.3. The lowest BCUT2D eigenvalue weighted by Gasteiger charge is -2.07. The van der Waals surface area contributed by atoms with Crippen LogP contribution in [0.15, 0.2) is 42.5 Å². The number of rotatable bonds is 2. The average molecular weight is 274 g/mol. The molecule has 0 aliphatic carbocycles. The van der Waals surface area contributed by atoms with E-state index >= 15 is 0 Å². The molecule has 0 heterocycles. The predicted octanol–water partition coefficient (Wildman–Crippen LogP) is 5.44. The Kier molecular flexibility index (Phi) is 3.59. The van der Waals surface area contributed by atoms with E-state index in [-0.39, 0.29) is 0 Å².